The van der Waals surface area contributed by atoms with Gasteiger partial charge in [-0.1, -0.05) is 36.4 Å². The molecule has 1 unspecified atom stereocenters. The van der Waals surface area contributed by atoms with Crippen molar-refractivity contribution in [1.82, 2.24) is 4.90 Å². The molecule has 1 aliphatic heterocycles. The van der Waals surface area contributed by atoms with Crippen molar-refractivity contribution in [3.63, 3.8) is 0 Å². The van der Waals surface area contributed by atoms with E-state index in [1.165, 1.54) is 5.57 Å². The van der Waals surface area contributed by atoms with Crippen LogP contribution in [0.15, 0.2) is 60.7 Å². The van der Waals surface area contributed by atoms with Crippen LogP contribution >= 0.6 is 0 Å². The number of amides is 1. The van der Waals surface area contributed by atoms with Gasteiger partial charge in [0, 0.05) is 25.3 Å². The van der Waals surface area contributed by atoms with Gasteiger partial charge in [-0.15, -0.1) is 0 Å². The molecule has 0 radical (unpaired) electrons. The van der Waals surface area contributed by atoms with Crippen molar-refractivity contribution < 1.29 is 9.90 Å². The van der Waals surface area contributed by atoms with E-state index in [1.807, 2.05) is 49.4 Å². The molecule has 3 rings (SSSR count). The first-order chi connectivity index (χ1) is 13.6. The van der Waals surface area contributed by atoms with E-state index in [-0.39, 0.29) is 17.7 Å². The minimum Gasteiger partial charge on any atom is -0.508 e. The molecule has 0 saturated carbocycles. The summed E-state index contributed by atoms with van der Waals surface area (Å²) >= 11 is 0. The number of hydrogen-bond donors (Lipinski definition) is 1. The van der Waals surface area contributed by atoms with Crippen LogP contribution in [-0.2, 0) is 4.79 Å². The van der Waals surface area contributed by atoms with Gasteiger partial charge in [0.05, 0.1) is 18.5 Å². The zero-order chi connectivity index (χ0) is 19.9. The molecule has 5 nitrogen and oxygen atoms in total. The Morgan fingerprint density at radius 2 is 1.93 bits per heavy atom. The van der Waals surface area contributed by atoms with Gasteiger partial charge in [-0.2, -0.15) is 5.26 Å². The molecule has 0 fully saturated rings. The molecule has 2 aromatic rings. The standard InChI is InChI=1S/C23H25N3O2/c1-18(23(28)26(15-5-14-24)21-6-3-2-4-7-21)25-16-12-20(13-17-25)19-8-10-22(27)11-9-19/h2-4,6-12,18,27H,5,13,15-17H2,1H3. The molecule has 0 bridgehead atoms. The van der Waals surface area contributed by atoms with Crippen molar-refractivity contribution in [3.8, 4) is 11.8 Å². The third kappa shape index (κ3) is 4.59. The largest absolute Gasteiger partial charge is 0.508 e. The Balaban J connectivity index is 1.70. The van der Waals surface area contributed by atoms with E-state index in [0.29, 0.717) is 19.5 Å². The van der Waals surface area contributed by atoms with Crippen LogP contribution in [0.1, 0.15) is 25.3 Å². The lowest BCUT2D eigenvalue weighted by atomic mass is 9.98. The number of carbonyl (C=O) groups excluding carboxylic acids is 1. The van der Waals surface area contributed by atoms with Crippen molar-refractivity contribution in [1.29, 1.82) is 5.26 Å². The molecule has 1 aliphatic rings. The van der Waals surface area contributed by atoms with Crippen LogP contribution in [0.5, 0.6) is 5.75 Å². The lowest BCUT2D eigenvalue weighted by Crippen LogP contribution is -2.48. The van der Waals surface area contributed by atoms with E-state index in [9.17, 15) is 9.90 Å². The van der Waals surface area contributed by atoms with Gasteiger partial charge in [-0.3, -0.25) is 9.69 Å². The first-order valence-corrected chi connectivity index (χ1v) is 9.56. The molecule has 2 aromatic carbocycles. The second-order valence-corrected chi connectivity index (χ2v) is 6.93. The summed E-state index contributed by atoms with van der Waals surface area (Å²) < 4.78 is 0. The van der Waals surface area contributed by atoms with Crippen LogP contribution in [0, 0.1) is 11.3 Å². The Kier molecular flexibility index (Phi) is 6.46. The van der Waals surface area contributed by atoms with E-state index >= 15 is 0 Å². The number of nitrogens with zero attached hydrogens (tertiary/aromatic N) is 3. The normalized spacial score (nSPS) is 15.4. The van der Waals surface area contributed by atoms with Crippen LogP contribution < -0.4 is 4.90 Å². The van der Waals surface area contributed by atoms with Gasteiger partial charge in [0.2, 0.25) is 5.91 Å². The summed E-state index contributed by atoms with van der Waals surface area (Å²) in [5.41, 5.74) is 3.17. The highest BCUT2D eigenvalue weighted by Crippen LogP contribution is 2.25. The first kappa shape index (κ1) is 19.7. The van der Waals surface area contributed by atoms with Gasteiger partial charge in [0.1, 0.15) is 5.75 Å². The number of nitriles is 1. The second-order valence-electron chi connectivity index (χ2n) is 6.93. The number of rotatable bonds is 6. The molecule has 1 N–H and O–H groups in total. The lowest BCUT2D eigenvalue weighted by molar-refractivity contribution is -0.123. The molecule has 0 spiro atoms. The van der Waals surface area contributed by atoms with Crippen molar-refractivity contribution in [2.45, 2.75) is 25.8 Å². The molecule has 144 valence electrons. The Morgan fingerprint density at radius 3 is 2.54 bits per heavy atom. The van der Waals surface area contributed by atoms with Crippen LogP contribution in [0.2, 0.25) is 0 Å². The number of phenolic OH excluding ortho intramolecular Hbond substituents is 1. The summed E-state index contributed by atoms with van der Waals surface area (Å²) in [6, 6.07) is 18.6. The van der Waals surface area contributed by atoms with E-state index in [4.69, 9.17) is 5.26 Å². The lowest BCUT2D eigenvalue weighted by Gasteiger charge is -2.34. The van der Waals surface area contributed by atoms with Crippen LogP contribution in [-0.4, -0.2) is 41.6 Å². The van der Waals surface area contributed by atoms with Crippen LogP contribution in [0.3, 0.4) is 0 Å². The molecule has 0 aromatic heterocycles. The summed E-state index contributed by atoms with van der Waals surface area (Å²) in [7, 11) is 0. The Hall–Kier alpha value is -3.10. The molecule has 1 heterocycles. The number of carbonyl (C=O) groups is 1. The van der Waals surface area contributed by atoms with E-state index in [1.54, 1.807) is 17.0 Å². The van der Waals surface area contributed by atoms with E-state index in [0.717, 1.165) is 24.2 Å². The van der Waals surface area contributed by atoms with E-state index < -0.39 is 0 Å². The summed E-state index contributed by atoms with van der Waals surface area (Å²) in [4.78, 5) is 17.0. The molecule has 28 heavy (non-hydrogen) atoms. The zero-order valence-electron chi connectivity index (χ0n) is 16.1. The first-order valence-electron chi connectivity index (χ1n) is 9.56. The summed E-state index contributed by atoms with van der Waals surface area (Å²) in [5.74, 6) is 0.280. The highest BCUT2D eigenvalue weighted by Gasteiger charge is 2.28. The molecule has 0 saturated heterocycles. The predicted octanol–water partition coefficient (Wildman–Crippen LogP) is 3.82. The predicted molar refractivity (Wildman–Crippen MR) is 111 cm³/mol. The number of phenols is 1. The number of benzene rings is 2. The van der Waals surface area contributed by atoms with Gasteiger partial charge in [-0.25, -0.2) is 0 Å². The number of aromatic hydroxyl groups is 1. The Labute approximate surface area is 166 Å². The maximum Gasteiger partial charge on any atom is 0.244 e. The van der Waals surface area contributed by atoms with Gasteiger partial charge >= 0.3 is 0 Å². The van der Waals surface area contributed by atoms with Gasteiger partial charge in [-0.05, 0) is 48.7 Å². The highest BCUT2D eigenvalue weighted by molar-refractivity contribution is 5.97. The van der Waals surface area contributed by atoms with Gasteiger partial charge < -0.3 is 10.0 Å². The quantitative estimate of drug-likeness (QED) is 0.833. The van der Waals surface area contributed by atoms with Crippen LogP contribution in [0.4, 0.5) is 5.69 Å². The summed E-state index contributed by atoms with van der Waals surface area (Å²) in [6.45, 7) is 3.82. The van der Waals surface area contributed by atoms with Gasteiger partial charge in [0.25, 0.3) is 0 Å². The summed E-state index contributed by atoms with van der Waals surface area (Å²) in [5, 5.41) is 18.4. The van der Waals surface area contributed by atoms with E-state index in [2.05, 4.69) is 17.0 Å². The minimum atomic E-state index is -0.267. The Morgan fingerprint density at radius 1 is 1.21 bits per heavy atom. The fourth-order valence-corrected chi connectivity index (χ4v) is 3.49. The van der Waals surface area contributed by atoms with Crippen LogP contribution in [0.25, 0.3) is 5.57 Å². The smallest absolute Gasteiger partial charge is 0.244 e. The molecule has 1 atom stereocenters. The molecule has 1 amide bonds. The summed E-state index contributed by atoms with van der Waals surface area (Å²) in [6.07, 6.45) is 3.31. The topological polar surface area (TPSA) is 67.6 Å². The van der Waals surface area contributed by atoms with Gasteiger partial charge in [0.15, 0.2) is 0 Å². The average molecular weight is 375 g/mol. The molecular formula is C23H25N3O2. The SMILES string of the molecule is CC(C(=O)N(CCC#N)c1ccccc1)N1CC=C(c2ccc(O)cc2)CC1. The maximum atomic E-state index is 13.2. The van der Waals surface area contributed by atoms with Crippen molar-refractivity contribution in [2.75, 3.05) is 24.5 Å². The highest BCUT2D eigenvalue weighted by atomic mass is 16.3. The third-order valence-electron chi connectivity index (χ3n) is 5.16. The maximum absolute atomic E-state index is 13.2. The fraction of sp³-hybridized carbons (Fsp3) is 0.304. The fourth-order valence-electron chi connectivity index (χ4n) is 3.49. The molecule has 5 heteroatoms. The Bertz CT molecular complexity index is 869. The van der Waals surface area contributed by atoms with Crippen molar-refractivity contribution >= 4 is 17.2 Å². The molecule has 0 aliphatic carbocycles. The van der Waals surface area contributed by atoms with Crippen molar-refractivity contribution in [2.24, 2.45) is 0 Å². The zero-order valence-corrected chi connectivity index (χ0v) is 16.1. The average Bonchev–Trinajstić information content (AvgIpc) is 2.75. The van der Waals surface area contributed by atoms with Crippen molar-refractivity contribution in [3.05, 3.63) is 66.2 Å². The number of para-hydroxylation sites is 1. The third-order valence-corrected chi connectivity index (χ3v) is 5.16. The molecular weight excluding hydrogens is 350 g/mol. The number of hydrogen-bond acceptors (Lipinski definition) is 4. The second kappa shape index (κ2) is 9.20. The monoisotopic (exact) mass is 375 g/mol. The minimum absolute atomic E-state index is 0.0166. The number of anilines is 1.